The van der Waals surface area contributed by atoms with E-state index >= 15 is 0 Å². The molecular formula is C25H22ClN3O2S. The minimum absolute atomic E-state index is 0.0781. The van der Waals surface area contributed by atoms with E-state index < -0.39 is 4.87 Å². The summed E-state index contributed by atoms with van der Waals surface area (Å²) in [6.07, 6.45) is 0. The third-order valence-electron chi connectivity index (χ3n) is 5.85. The number of anilines is 2. The van der Waals surface area contributed by atoms with Gasteiger partial charge in [0.05, 0.1) is 12.2 Å². The number of aryl methyl sites for hydroxylation is 1. The van der Waals surface area contributed by atoms with E-state index in [1.54, 1.807) is 29.2 Å². The fraction of sp³-hybridized carbons (Fsp3) is 0.200. The van der Waals surface area contributed by atoms with Crippen LogP contribution < -0.4 is 10.2 Å². The predicted molar refractivity (Wildman–Crippen MR) is 130 cm³/mol. The van der Waals surface area contributed by atoms with Gasteiger partial charge in [0.25, 0.3) is 5.91 Å². The first kappa shape index (κ1) is 20.9. The summed E-state index contributed by atoms with van der Waals surface area (Å²) in [5.74, 6) is 0.604. The Morgan fingerprint density at radius 1 is 1.09 bits per heavy atom. The average Bonchev–Trinajstić information content (AvgIpc) is 3.32. The van der Waals surface area contributed by atoms with Crippen molar-refractivity contribution in [1.82, 2.24) is 4.90 Å². The van der Waals surface area contributed by atoms with Crippen molar-refractivity contribution in [1.29, 1.82) is 0 Å². The summed E-state index contributed by atoms with van der Waals surface area (Å²) in [6.45, 7) is 2.95. The van der Waals surface area contributed by atoms with Gasteiger partial charge in [-0.2, -0.15) is 0 Å². The molecule has 1 fully saturated rings. The molecule has 1 atom stereocenters. The largest absolute Gasteiger partial charge is 0.323 e. The standard InChI is InChI=1S/C25H22ClN3O2S/c1-17-10-11-22-21(14-17)25(23(30)28(22)16-18-6-3-2-4-7-18)29(12-13-32-25)24(31)27-20-9-5-8-19(26)15-20/h2-11,14-15H,12-13,16H2,1H3,(H,27,31). The van der Waals surface area contributed by atoms with Crippen LogP contribution in [0.15, 0.2) is 72.8 Å². The van der Waals surface area contributed by atoms with E-state index in [1.807, 2.05) is 60.4 Å². The maximum absolute atomic E-state index is 14.0. The number of thioether (sulfide) groups is 1. The number of nitrogens with one attached hydrogen (secondary N) is 1. The molecule has 3 aromatic carbocycles. The molecule has 2 heterocycles. The van der Waals surface area contributed by atoms with Crippen molar-refractivity contribution in [2.75, 3.05) is 22.5 Å². The molecule has 3 amide bonds. The first-order valence-electron chi connectivity index (χ1n) is 10.4. The molecular weight excluding hydrogens is 442 g/mol. The van der Waals surface area contributed by atoms with Crippen LogP contribution >= 0.6 is 23.4 Å². The summed E-state index contributed by atoms with van der Waals surface area (Å²) in [5.41, 5.74) is 4.44. The second kappa shape index (κ2) is 8.19. The smallest absolute Gasteiger partial charge is 0.308 e. The third kappa shape index (κ3) is 3.44. The second-order valence-corrected chi connectivity index (χ2v) is 9.71. The van der Waals surface area contributed by atoms with Crippen molar-refractivity contribution in [2.24, 2.45) is 0 Å². The topological polar surface area (TPSA) is 52.7 Å². The second-order valence-electron chi connectivity index (χ2n) is 7.98. The SMILES string of the molecule is Cc1ccc2c(c1)C1(SCCN1C(=O)Nc1cccc(Cl)c1)C(=O)N2Cc1ccccc1. The quantitative estimate of drug-likeness (QED) is 0.547. The minimum atomic E-state index is -1.07. The molecule has 1 N–H and O–H groups in total. The normalized spacial score (nSPS) is 19.5. The number of urea groups is 1. The van der Waals surface area contributed by atoms with E-state index in [-0.39, 0.29) is 11.9 Å². The Morgan fingerprint density at radius 3 is 2.69 bits per heavy atom. The summed E-state index contributed by atoms with van der Waals surface area (Å²) in [4.78, 5) is 29.8. The number of carbonyl (C=O) groups excluding carboxylic acids is 2. The molecule has 0 aliphatic carbocycles. The monoisotopic (exact) mass is 463 g/mol. The van der Waals surface area contributed by atoms with Gasteiger partial charge in [0.2, 0.25) is 0 Å². The van der Waals surface area contributed by atoms with Crippen LogP contribution in [-0.2, 0) is 16.2 Å². The van der Waals surface area contributed by atoms with Crippen molar-refractivity contribution in [3.63, 3.8) is 0 Å². The molecule has 0 radical (unpaired) electrons. The highest BCUT2D eigenvalue weighted by atomic mass is 35.5. The Balaban J connectivity index is 1.54. The number of hydrogen-bond donors (Lipinski definition) is 1. The number of hydrogen-bond acceptors (Lipinski definition) is 3. The van der Waals surface area contributed by atoms with Gasteiger partial charge in [-0.15, -0.1) is 11.8 Å². The van der Waals surface area contributed by atoms with Crippen molar-refractivity contribution in [3.05, 3.63) is 94.5 Å². The van der Waals surface area contributed by atoms with E-state index in [9.17, 15) is 9.59 Å². The van der Waals surface area contributed by atoms with Crippen molar-refractivity contribution >= 4 is 46.7 Å². The van der Waals surface area contributed by atoms with Crippen LogP contribution in [-0.4, -0.2) is 29.1 Å². The molecule has 1 saturated heterocycles. The Labute approximate surface area is 196 Å². The van der Waals surface area contributed by atoms with Gasteiger partial charge < -0.3 is 10.2 Å². The summed E-state index contributed by atoms with van der Waals surface area (Å²) in [7, 11) is 0. The number of carbonyl (C=O) groups is 2. The molecule has 3 aromatic rings. The highest BCUT2D eigenvalue weighted by molar-refractivity contribution is 8.01. The molecule has 0 saturated carbocycles. The molecule has 1 unspecified atom stereocenters. The first-order chi connectivity index (χ1) is 15.5. The molecule has 0 bridgehead atoms. The van der Waals surface area contributed by atoms with Crippen molar-refractivity contribution in [2.45, 2.75) is 18.3 Å². The van der Waals surface area contributed by atoms with Crippen LogP contribution in [0.2, 0.25) is 5.02 Å². The maximum atomic E-state index is 14.0. The zero-order valence-electron chi connectivity index (χ0n) is 17.5. The lowest BCUT2D eigenvalue weighted by Crippen LogP contribution is -2.51. The Kier molecular flexibility index (Phi) is 5.35. The van der Waals surface area contributed by atoms with Crippen molar-refractivity contribution < 1.29 is 9.59 Å². The summed E-state index contributed by atoms with van der Waals surface area (Å²) in [6, 6.07) is 22.7. The van der Waals surface area contributed by atoms with Crippen molar-refractivity contribution in [3.8, 4) is 0 Å². The lowest BCUT2D eigenvalue weighted by atomic mass is 10.0. The number of benzene rings is 3. The number of rotatable bonds is 3. The molecule has 5 rings (SSSR count). The molecule has 0 aromatic heterocycles. The number of nitrogens with zero attached hydrogens (tertiary/aromatic N) is 2. The van der Waals surface area contributed by atoms with E-state index in [0.29, 0.717) is 29.6 Å². The lowest BCUT2D eigenvalue weighted by Gasteiger charge is -2.33. The molecule has 1 spiro atoms. The number of halogens is 1. The highest BCUT2D eigenvalue weighted by Crippen LogP contribution is 2.54. The zero-order valence-corrected chi connectivity index (χ0v) is 19.1. The summed E-state index contributed by atoms with van der Waals surface area (Å²) in [5, 5.41) is 3.47. The fourth-order valence-electron chi connectivity index (χ4n) is 4.41. The average molecular weight is 464 g/mol. The van der Waals surface area contributed by atoms with Gasteiger partial charge in [-0.25, -0.2) is 4.79 Å². The van der Waals surface area contributed by atoms with Crippen LogP contribution in [0.25, 0.3) is 0 Å². The third-order valence-corrected chi connectivity index (χ3v) is 7.51. The van der Waals surface area contributed by atoms with Gasteiger partial charge in [-0.1, -0.05) is 65.7 Å². The minimum Gasteiger partial charge on any atom is -0.308 e. The number of amides is 3. The predicted octanol–water partition coefficient (Wildman–Crippen LogP) is 5.63. The van der Waals surface area contributed by atoms with Gasteiger partial charge in [-0.05, 0) is 36.8 Å². The van der Waals surface area contributed by atoms with Crippen LogP contribution in [0.5, 0.6) is 0 Å². The molecule has 2 aliphatic heterocycles. The Morgan fingerprint density at radius 2 is 1.91 bits per heavy atom. The van der Waals surface area contributed by atoms with E-state index in [4.69, 9.17) is 11.6 Å². The molecule has 7 heteroatoms. The Hall–Kier alpha value is -2.96. The van der Waals surface area contributed by atoms with Gasteiger partial charge in [0.15, 0.2) is 4.87 Å². The zero-order chi connectivity index (χ0) is 22.3. The van der Waals surface area contributed by atoms with Gasteiger partial charge in [-0.3, -0.25) is 9.69 Å². The van der Waals surface area contributed by atoms with E-state index in [2.05, 4.69) is 5.32 Å². The van der Waals surface area contributed by atoms with Crippen LogP contribution in [0.4, 0.5) is 16.2 Å². The molecule has 162 valence electrons. The van der Waals surface area contributed by atoms with Crippen LogP contribution in [0.3, 0.4) is 0 Å². The van der Waals surface area contributed by atoms with Gasteiger partial charge in [0, 0.05) is 28.6 Å². The summed E-state index contributed by atoms with van der Waals surface area (Å²) >= 11 is 7.61. The summed E-state index contributed by atoms with van der Waals surface area (Å²) < 4.78 is 0. The van der Waals surface area contributed by atoms with Crippen LogP contribution in [0, 0.1) is 6.92 Å². The number of fused-ring (bicyclic) bond motifs is 2. The fourth-order valence-corrected chi connectivity index (χ4v) is 6.05. The van der Waals surface area contributed by atoms with E-state index in [0.717, 1.165) is 22.4 Å². The lowest BCUT2D eigenvalue weighted by molar-refractivity contribution is -0.123. The van der Waals surface area contributed by atoms with E-state index in [1.165, 1.54) is 11.8 Å². The molecule has 5 nitrogen and oxygen atoms in total. The Bertz CT molecular complexity index is 1200. The highest BCUT2D eigenvalue weighted by Gasteiger charge is 2.59. The molecule has 32 heavy (non-hydrogen) atoms. The first-order valence-corrected chi connectivity index (χ1v) is 11.8. The molecule has 2 aliphatic rings. The maximum Gasteiger partial charge on any atom is 0.323 e. The van der Waals surface area contributed by atoms with Gasteiger partial charge >= 0.3 is 6.03 Å². The van der Waals surface area contributed by atoms with Crippen LogP contribution in [0.1, 0.15) is 16.7 Å². The van der Waals surface area contributed by atoms with Gasteiger partial charge in [0.1, 0.15) is 0 Å².